The molecule has 2 aromatic carbocycles. The number of H-pyrrole nitrogens is 1. The van der Waals surface area contributed by atoms with Crippen LogP contribution in [0.4, 0.5) is 5.69 Å². The van der Waals surface area contributed by atoms with Crippen LogP contribution in [0.15, 0.2) is 48.5 Å². The van der Waals surface area contributed by atoms with E-state index in [1.54, 1.807) is 6.07 Å². The Morgan fingerprint density at radius 1 is 1.04 bits per heavy atom. The van der Waals surface area contributed by atoms with E-state index in [4.69, 9.17) is 0 Å². The van der Waals surface area contributed by atoms with Gasteiger partial charge in [0.05, 0.1) is 5.69 Å². The average Bonchev–Trinajstić information content (AvgIpc) is 2.98. The number of rotatable bonds is 5. The Morgan fingerprint density at radius 3 is 2.54 bits per heavy atom. The minimum absolute atomic E-state index is 0.227. The summed E-state index contributed by atoms with van der Waals surface area (Å²) in [6.45, 7) is 6.57. The van der Waals surface area contributed by atoms with E-state index in [1.165, 1.54) is 0 Å². The maximum atomic E-state index is 12.7. The number of hydrogen-bond donors (Lipinski definition) is 3. The van der Waals surface area contributed by atoms with Crippen molar-refractivity contribution in [2.45, 2.75) is 20.8 Å². The zero-order valence-corrected chi connectivity index (χ0v) is 15.2. The predicted molar refractivity (Wildman–Crippen MR) is 105 cm³/mol. The van der Waals surface area contributed by atoms with Crippen LogP contribution in [0.3, 0.4) is 0 Å². The van der Waals surface area contributed by atoms with E-state index < -0.39 is 0 Å². The lowest BCUT2D eigenvalue weighted by molar-refractivity contribution is 0.0945. The fourth-order valence-corrected chi connectivity index (χ4v) is 2.80. The van der Waals surface area contributed by atoms with Gasteiger partial charge in [-0.15, -0.1) is 0 Å². The third-order valence-corrected chi connectivity index (χ3v) is 4.12. The summed E-state index contributed by atoms with van der Waals surface area (Å²) in [5, 5.41) is 6.62. The van der Waals surface area contributed by atoms with Gasteiger partial charge in [0.2, 0.25) is 0 Å². The Hall–Kier alpha value is -3.08. The SMILES string of the molecule is Cc1cccc(C(=O)Nc2c(C(=O)NCC(C)C)[nH]c3ccccc23)c1. The molecule has 0 saturated carbocycles. The molecule has 0 unspecified atom stereocenters. The number of aryl methyl sites for hydroxylation is 1. The standard InChI is InChI=1S/C21H23N3O2/c1-13(2)12-22-21(26)19-18(16-9-4-5-10-17(16)23-19)24-20(25)15-8-6-7-14(3)11-15/h4-11,13,23H,12H2,1-3H3,(H,22,26)(H,24,25). The number of benzene rings is 2. The lowest BCUT2D eigenvalue weighted by Crippen LogP contribution is -2.28. The van der Waals surface area contributed by atoms with E-state index in [0.29, 0.717) is 29.4 Å². The minimum atomic E-state index is -0.239. The molecule has 0 aliphatic heterocycles. The first-order valence-corrected chi connectivity index (χ1v) is 8.72. The molecule has 5 heteroatoms. The molecule has 26 heavy (non-hydrogen) atoms. The smallest absolute Gasteiger partial charge is 0.269 e. The van der Waals surface area contributed by atoms with Crippen molar-refractivity contribution in [3.8, 4) is 0 Å². The molecule has 0 atom stereocenters. The van der Waals surface area contributed by atoms with Crippen molar-refractivity contribution in [2.75, 3.05) is 11.9 Å². The predicted octanol–water partition coefficient (Wildman–Crippen LogP) is 4.11. The number of nitrogens with one attached hydrogen (secondary N) is 3. The number of hydrogen-bond acceptors (Lipinski definition) is 2. The van der Waals surface area contributed by atoms with Crippen molar-refractivity contribution in [1.29, 1.82) is 0 Å². The summed E-state index contributed by atoms with van der Waals surface area (Å²) in [6, 6.07) is 14.9. The van der Waals surface area contributed by atoms with Crippen molar-refractivity contribution in [3.63, 3.8) is 0 Å². The van der Waals surface area contributed by atoms with E-state index in [1.807, 2.05) is 63.2 Å². The minimum Gasteiger partial charge on any atom is -0.350 e. The van der Waals surface area contributed by atoms with Crippen LogP contribution < -0.4 is 10.6 Å². The van der Waals surface area contributed by atoms with Crippen LogP contribution in [0, 0.1) is 12.8 Å². The second kappa shape index (κ2) is 7.44. The highest BCUT2D eigenvalue weighted by molar-refractivity contribution is 6.15. The van der Waals surface area contributed by atoms with Gasteiger partial charge in [-0.2, -0.15) is 0 Å². The van der Waals surface area contributed by atoms with E-state index >= 15 is 0 Å². The molecule has 3 aromatic rings. The summed E-state index contributed by atoms with van der Waals surface area (Å²) >= 11 is 0. The highest BCUT2D eigenvalue weighted by Gasteiger charge is 2.20. The zero-order valence-electron chi connectivity index (χ0n) is 15.2. The first kappa shape index (κ1) is 17.7. The molecule has 0 fully saturated rings. The van der Waals surface area contributed by atoms with Crippen LogP contribution in [-0.2, 0) is 0 Å². The molecule has 0 bridgehead atoms. The first-order valence-electron chi connectivity index (χ1n) is 8.72. The summed E-state index contributed by atoms with van der Waals surface area (Å²) in [6.07, 6.45) is 0. The van der Waals surface area contributed by atoms with E-state index in [9.17, 15) is 9.59 Å². The maximum absolute atomic E-state index is 12.7. The fraction of sp³-hybridized carbons (Fsp3) is 0.238. The monoisotopic (exact) mass is 349 g/mol. The van der Waals surface area contributed by atoms with Gasteiger partial charge in [-0.3, -0.25) is 9.59 Å². The molecule has 5 nitrogen and oxygen atoms in total. The van der Waals surface area contributed by atoms with Gasteiger partial charge in [0.1, 0.15) is 5.69 Å². The lowest BCUT2D eigenvalue weighted by atomic mass is 10.1. The molecule has 1 heterocycles. The van der Waals surface area contributed by atoms with Gasteiger partial charge in [-0.25, -0.2) is 0 Å². The summed E-state index contributed by atoms with van der Waals surface area (Å²) in [5.74, 6) is -0.125. The summed E-state index contributed by atoms with van der Waals surface area (Å²) in [5.41, 5.74) is 3.25. The quantitative estimate of drug-likeness (QED) is 0.648. The number of fused-ring (bicyclic) bond motifs is 1. The van der Waals surface area contributed by atoms with Gasteiger partial charge < -0.3 is 15.6 Å². The molecule has 0 aliphatic rings. The average molecular weight is 349 g/mol. The van der Waals surface area contributed by atoms with Crippen molar-refractivity contribution in [2.24, 2.45) is 5.92 Å². The van der Waals surface area contributed by atoms with Crippen LogP contribution in [0.25, 0.3) is 10.9 Å². The van der Waals surface area contributed by atoms with Crippen molar-refractivity contribution < 1.29 is 9.59 Å². The third kappa shape index (κ3) is 3.77. The Kier molecular flexibility index (Phi) is 5.07. The van der Waals surface area contributed by atoms with Crippen molar-refractivity contribution in [3.05, 3.63) is 65.4 Å². The van der Waals surface area contributed by atoms with Crippen LogP contribution in [0.1, 0.15) is 40.3 Å². The van der Waals surface area contributed by atoms with Crippen LogP contribution in [0.5, 0.6) is 0 Å². The summed E-state index contributed by atoms with van der Waals surface area (Å²) in [7, 11) is 0. The molecule has 0 radical (unpaired) electrons. The fourth-order valence-electron chi connectivity index (χ4n) is 2.80. The molecular weight excluding hydrogens is 326 g/mol. The van der Waals surface area contributed by atoms with E-state index in [2.05, 4.69) is 15.6 Å². The summed E-state index contributed by atoms with van der Waals surface area (Å²) < 4.78 is 0. The second-order valence-corrected chi connectivity index (χ2v) is 6.85. The number of carbonyl (C=O) groups is 2. The number of aromatic amines is 1. The number of carbonyl (C=O) groups excluding carboxylic acids is 2. The van der Waals surface area contributed by atoms with E-state index in [0.717, 1.165) is 16.5 Å². The molecule has 0 saturated heterocycles. The van der Waals surface area contributed by atoms with Crippen molar-refractivity contribution in [1.82, 2.24) is 10.3 Å². The summed E-state index contributed by atoms with van der Waals surface area (Å²) in [4.78, 5) is 28.4. The Morgan fingerprint density at radius 2 is 1.81 bits per heavy atom. The molecule has 134 valence electrons. The lowest BCUT2D eigenvalue weighted by Gasteiger charge is -2.10. The largest absolute Gasteiger partial charge is 0.350 e. The normalized spacial score (nSPS) is 10.9. The molecular formula is C21H23N3O2. The van der Waals surface area contributed by atoms with Gasteiger partial charge in [-0.05, 0) is 31.0 Å². The van der Waals surface area contributed by atoms with E-state index in [-0.39, 0.29) is 11.8 Å². The number of amides is 2. The third-order valence-electron chi connectivity index (χ3n) is 4.12. The Balaban J connectivity index is 1.96. The number of aromatic nitrogens is 1. The van der Waals surface area contributed by atoms with Gasteiger partial charge in [0.25, 0.3) is 11.8 Å². The zero-order chi connectivity index (χ0) is 18.7. The maximum Gasteiger partial charge on any atom is 0.269 e. The van der Waals surface area contributed by atoms with Crippen LogP contribution in [0.2, 0.25) is 0 Å². The second-order valence-electron chi connectivity index (χ2n) is 6.85. The van der Waals surface area contributed by atoms with Gasteiger partial charge in [0.15, 0.2) is 0 Å². The Bertz CT molecular complexity index is 957. The highest BCUT2D eigenvalue weighted by Crippen LogP contribution is 2.28. The topological polar surface area (TPSA) is 74.0 Å². The van der Waals surface area contributed by atoms with Crippen LogP contribution in [-0.4, -0.2) is 23.3 Å². The molecule has 3 rings (SSSR count). The van der Waals surface area contributed by atoms with Gasteiger partial charge in [-0.1, -0.05) is 49.7 Å². The molecule has 2 amide bonds. The Labute approximate surface area is 152 Å². The molecule has 1 aromatic heterocycles. The number of anilines is 1. The molecule has 0 aliphatic carbocycles. The molecule has 0 spiro atoms. The highest BCUT2D eigenvalue weighted by atomic mass is 16.2. The van der Waals surface area contributed by atoms with Gasteiger partial charge >= 0.3 is 0 Å². The van der Waals surface area contributed by atoms with Crippen LogP contribution >= 0.6 is 0 Å². The van der Waals surface area contributed by atoms with Gasteiger partial charge in [0, 0.05) is 23.0 Å². The first-order chi connectivity index (χ1) is 12.5. The number of para-hydroxylation sites is 1. The molecule has 3 N–H and O–H groups in total. The van der Waals surface area contributed by atoms with Crippen molar-refractivity contribution >= 4 is 28.4 Å².